The number of terminal acetylenes is 1. The summed E-state index contributed by atoms with van der Waals surface area (Å²) in [6, 6.07) is 15.0. The molecule has 0 aromatic heterocycles. The van der Waals surface area contributed by atoms with Gasteiger partial charge in [0.2, 0.25) is 5.91 Å². The molecule has 0 heterocycles. The van der Waals surface area contributed by atoms with Crippen LogP contribution in [0.4, 0.5) is 0 Å². The van der Waals surface area contributed by atoms with Gasteiger partial charge in [-0.25, -0.2) is 0 Å². The van der Waals surface area contributed by atoms with E-state index >= 15 is 0 Å². The van der Waals surface area contributed by atoms with Crippen LogP contribution in [0.25, 0.3) is 0 Å². The summed E-state index contributed by atoms with van der Waals surface area (Å²) in [6.07, 6.45) is 6.61. The van der Waals surface area contributed by atoms with Crippen molar-refractivity contribution in [1.82, 2.24) is 15.5 Å². The minimum atomic E-state index is -0.669. The molecule has 0 spiro atoms. The molecule has 0 radical (unpaired) electrons. The van der Waals surface area contributed by atoms with Crippen molar-refractivity contribution in [1.29, 1.82) is 0 Å². The lowest BCUT2D eigenvalue weighted by Crippen LogP contribution is -2.43. The molecule has 2 aromatic carbocycles. The van der Waals surface area contributed by atoms with Gasteiger partial charge >= 0.3 is 0 Å². The second-order valence-electron chi connectivity index (χ2n) is 8.03. The largest absolute Gasteiger partial charge is 0.355 e. The molecule has 2 atom stereocenters. The van der Waals surface area contributed by atoms with Gasteiger partial charge < -0.3 is 15.5 Å². The van der Waals surface area contributed by atoms with Crippen molar-refractivity contribution in [3.05, 3.63) is 70.2 Å². The molecule has 0 fully saturated rings. The third kappa shape index (κ3) is 6.58. The van der Waals surface area contributed by atoms with Gasteiger partial charge in [0.15, 0.2) is 0 Å². The van der Waals surface area contributed by atoms with Crippen LogP contribution < -0.4 is 10.6 Å². The molecule has 164 valence electrons. The standard InChI is InChI=1S/C25H30ClN3O2/c1-6-25(2,20-10-8-7-9-11-20)16-23(30)28-17-21(29(4)5)14-18-12-13-19(15-22(18)26)24(31)27-3/h1,7-13,15,21H,14,16-17H2,2-5H3,(H,27,31)(H,28,30)/t21-,25-/m0/s1. The van der Waals surface area contributed by atoms with Crippen molar-refractivity contribution in [3.63, 3.8) is 0 Å². The number of rotatable bonds is 9. The molecule has 0 aliphatic rings. The predicted molar refractivity (Wildman–Crippen MR) is 126 cm³/mol. The fourth-order valence-corrected chi connectivity index (χ4v) is 3.60. The molecule has 2 aromatic rings. The van der Waals surface area contributed by atoms with E-state index in [4.69, 9.17) is 18.0 Å². The number of carbonyl (C=O) groups excluding carboxylic acids is 2. The van der Waals surface area contributed by atoms with Crippen molar-refractivity contribution >= 4 is 23.4 Å². The van der Waals surface area contributed by atoms with Crippen LogP contribution in [0.5, 0.6) is 0 Å². The normalized spacial score (nSPS) is 13.7. The second kappa shape index (κ2) is 11.0. The zero-order valence-electron chi connectivity index (χ0n) is 18.5. The highest BCUT2D eigenvalue weighted by Gasteiger charge is 2.27. The topological polar surface area (TPSA) is 61.4 Å². The molecule has 6 heteroatoms. The Kier molecular flexibility index (Phi) is 8.67. The zero-order chi connectivity index (χ0) is 23.0. The highest BCUT2D eigenvalue weighted by atomic mass is 35.5. The Bertz CT molecular complexity index is 953. The van der Waals surface area contributed by atoms with E-state index in [0.29, 0.717) is 23.6 Å². The molecular weight excluding hydrogens is 410 g/mol. The summed E-state index contributed by atoms with van der Waals surface area (Å²) >= 11 is 6.41. The van der Waals surface area contributed by atoms with Gasteiger partial charge in [-0.3, -0.25) is 9.59 Å². The number of hydrogen-bond acceptors (Lipinski definition) is 3. The van der Waals surface area contributed by atoms with Crippen molar-refractivity contribution in [2.45, 2.75) is 31.2 Å². The quantitative estimate of drug-likeness (QED) is 0.589. The van der Waals surface area contributed by atoms with E-state index in [-0.39, 0.29) is 24.3 Å². The third-order valence-electron chi connectivity index (χ3n) is 5.51. The lowest BCUT2D eigenvalue weighted by atomic mass is 9.80. The van der Waals surface area contributed by atoms with E-state index < -0.39 is 5.41 Å². The summed E-state index contributed by atoms with van der Waals surface area (Å²) in [5.74, 6) is 2.50. The first-order valence-corrected chi connectivity index (χ1v) is 10.5. The molecule has 0 unspecified atom stereocenters. The Balaban J connectivity index is 2.03. The van der Waals surface area contributed by atoms with E-state index in [2.05, 4.69) is 16.6 Å². The summed E-state index contributed by atoms with van der Waals surface area (Å²) in [4.78, 5) is 26.5. The Morgan fingerprint density at radius 1 is 1.19 bits per heavy atom. The van der Waals surface area contributed by atoms with Crippen LogP contribution >= 0.6 is 11.6 Å². The number of benzene rings is 2. The molecule has 2 amide bonds. The summed E-state index contributed by atoms with van der Waals surface area (Å²) in [5.41, 5.74) is 1.71. The second-order valence-corrected chi connectivity index (χ2v) is 8.44. The van der Waals surface area contributed by atoms with E-state index in [1.807, 2.05) is 62.3 Å². The van der Waals surface area contributed by atoms with Crippen LogP contribution in [-0.4, -0.2) is 50.4 Å². The number of hydrogen-bond donors (Lipinski definition) is 2. The Hall–Kier alpha value is -2.81. The maximum absolute atomic E-state index is 12.7. The predicted octanol–water partition coefficient (Wildman–Crippen LogP) is 3.27. The Morgan fingerprint density at radius 2 is 1.87 bits per heavy atom. The Morgan fingerprint density at radius 3 is 2.42 bits per heavy atom. The smallest absolute Gasteiger partial charge is 0.251 e. The van der Waals surface area contributed by atoms with E-state index in [1.165, 1.54) is 0 Å². The number of likely N-dealkylation sites (N-methyl/N-ethyl adjacent to an activating group) is 1. The fourth-order valence-electron chi connectivity index (χ4n) is 3.35. The maximum atomic E-state index is 12.7. The highest BCUT2D eigenvalue weighted by Crippen LogP contribution is 2.26. The number of nitrogens with one attached hydrogen (secondary N) is 2. The summed E-state index contributed by atoms with van der Waals surface area (Å²) in [5, 5.41) is 6.14. The molecule has 5 nitrogen and oxygen atoms in total. The molecule has 0 aliphatic carbocycles. The highest BCUT2D eigenvalue weighted by molar-refractivity contribution is 6.31. The lowest BCUT2D eigenvalue weighted by Gasteiger charge is -2.27. The van der Waals surface area contributed by atoms with Crippen molar-refractivity contribution in [3.8, 4) is 12.3 Å². The zero-order valence-corrected chi connectivity index (χ0v) is 19.3. The van der Waals surface area contributed by atoms with Crippen LogP contribution in [0.15, 0.2) is 48.5 Å². The van der Waals surface area contributed by atoms with Crippen LogP contribution in [0.3, 0.4) is 0 Å². The molecule has 31 heavy (non-hydrogen) atoms. The molecule has 2 rings (SSSR count). The van der Waals surface area contributed by atoms with E-state index in [0.717, 1.165) is 11.1 Å². The minimum Gasteiger partial charge on any atom is -0.355 e. The van der Waals surface area contributed by atoms with E-state index in [1.54, 1.807) is 19.2 Å². The minimum absolute atomic E-state index is 0.0288. The summed E-state index contributed by atoms with van der Waals surface area (Å²) < 4.78 is 0. The van der Waals surface area contributed by atoms with Crippen molar-refractivity contribution in [2.75, 3.05) is 27.7 Å². The lowest BCUT2D eigenvalue weighted by molar-refractivity contribution is -0.122. The molecule has 0 saturated carbocycles. The number of amides is 2. The molecule has 2 N–H and O–H groups in total. The average molecular weight is 440 g/mol. The van der Waals surface area contributed by atoms with Gasteiger partial charge in [-0.15, -0.1) is 6.42 Å². The van der Waals surface area contributed by atoms with Gasteiger partial charge in [0.05, 0.1) is 5.41 Å². The van der Waals surface area contributed by atoms with Gasteiger partial charge in [-0.1, -0.05) is 53.9 Å². The maximum Gasteiger partial charge on any atom is 0.251 e. The Labute approximate surface area is 190 Å². The van der Waals surface area contributed by atoms with Gasteiger partial charge in [-0.05, 0) is 50.7 Å². The van der Waals surface area contributed by atoms with Crippen LogP contribution in [0.2, 0.25) is 5.02 Å². The van der Waals surface area contributed by atoms with Gasteiger partial charge in [0, 0.05) is 36.6 Å². The van der Waals surface area contributed by atoms with Crippen LogP contribution in [0, 0.1) is 12.3 Å². The monoisotopic (exact) mass is 439 g/mol. The average Bonchev–Trinajstić information content (AvgIpc) is 2.77. The molecular formula is C25H30ClN3O2. The number of carbonyl (C=O) groups is 2. The van der Waals surface area contributed by atoms with Crippen LogP contribution in [0.1, 0.15) is 34.8 Å². The van der Waals surface area contributed by atoms with Gasteiger partial charge in [0.1, 0.15) is 0 Å². The van der Waals surface area contributed by atoms with Gasteiger partial charge in [-0.2, -0.15) is 0 Å². The van der Waals surface area contributed by atoms with Crippen LogP contribution in [-0.2, 0) is 16.6 Å². The molecule has 0 aliphatic heterocycles. The first-order valence-electron chi connectivity index (χ1n) is 10.2. The first kappa shape index (κ1) is 24.5. The van der Waals surface area contributed by atoms with E-state index in [9.17, 15) is 9.59 Å². The summed E-state index contributed by atoms with van der Waals surface area (Å²) in [7, 11) is 5.50. The first-order chi connectivity index (χ1) is 14.7. The van der Waals surface area contributed by atoms with Crippen molar-refractivity contribution < 1.29 is 9.59 Å². The van der Waals surface area contributed by atoms with Crippen molar-refractivity contribution in [2.24, 2.45) is 0 Å². The van der Waals surface area contributed by atoms with Gasteiger partial charge in [0.25, 0.3) is 5.91 Å². The third-order valence-corrected chi connectivity index (χ3v) is 5.86. The fraction of sp³-hybridized carbons (Fsp3) is 0.360. The summed E-state index contributed by atoms with van der Waals surface area (Å²) in [6.45, 7) is 2.36. The molecule has 0 saturated heterocycles. The number of halogens is 1. The molecule has 0 bridgehead atoms. The SMILES string of the molecule is C#C[C@@](C)(CC(=O)NC[C@H](Cc1ccc(C(=O)NC)cc1Cl)N(C)C)c1ccccc1. The number of nitrogens with zero attached hydrogens (tertiary/aromatic N) is 1.